The molecule has 4 heteroatoms. The normalized spacial score (nSPS) is 25.9. The maximum absolute atomic E-state index is 10.2. The zero-order valence-corrected chi connectivity index (χ0v) is 11.9. The summed E-state index contributed by atoms with van der Waals surface area (Å²) in [7, 11) is 0. The Balaban J connectivity index is 1.46. The zero-order chi connectivity index (χ0) is 13.8. The molecule has 0 bridgehead atoms. The van der Waals surface area contributed by atoms with E-state index < -0.39 is 0 Å². The highest BCUT2D eigenvalue weighted by Gasteiger charge is 2.27. The highest BCUT2D eigenvalue weighted by molar-refractivity contribution is 5.46. The first kappa shape index (κ1) is 13.9. The summed E-state index contributed by atoms with van der Waals surface area (Å²) in [5.74, 6) is 0.335. The monoisotopic (exact) mass is 276 g/mol. The van der Waals surface area contributed by atoms with Crippen molar-refractivity contribution < 1.29 is 9.84 Å². The third kappa shape index (κ3) is 3.32. The largest absolute Gasteiger partial charge is 0.391 e. The average Bonchev–Trinajstić information content (AvgIpc) is 3.03. The van der Waals surface area contributed by atoms with Crippen LogP contribution in [0.25, 0.3) is 0 Å². The van der Waals surface area contributed by atoms with Crippen molar-refractivity contribution in [2.24, 2.45) is 5.92 Å². The molecule has 1 aromatic rings. The van der Waals surface area contributed by atoms with Crippen LogP contribution in [0.2, 0.25) is 0 Å². The zero-order valence-electron chi connectivity index (χ0n) is 11.9. The molecular formula is C16H24N2O2. The first-order valence-corrected chi connectivity index (χ1v) is 7.61. The van der Waals surface area contributed by atoms with E-state index in [0.29, 0.717) is 5.92 Å². The van der Waals surface area contributed by atoms with E-state index >= 15 is 0 Å². The maximum Gasteiger partial charge on any atom is 0.0718 e. The van der Waals surface area contributed by atoms with Gasteiger partial charge >= 0.3 is 0 Å². The van der Waals surface area contributed by atoms with Crippen molar-refractivity contribution in [2.75, 3.05) is 50.8 Å². The molecular weight excluding hydrogens is 252 g/mol. The quantitative estimate of drug-likeness (QED) is 0.896. The van der Waals surface area contributed by atoms with Gasteiger partial charge in [-0.15, -0.1) is 0 Å². The van der Waals surface area contributed by atoms with Gasteiger partial charge in [0.25, 0.3) is 0 Å². The number of hydrogen-bond acceptors (Lipinski definition) is 4. The van der Waals surface area contributed by atoms with Crippen molar-refractivity contribution in [1.82, 2.24) is 4.90 Å². The Bertz CT molecular complexity index is 398. The number of ether oxygens (including phenoxy) is 1. The van der Waals surface area contributed by atoms with Gasteiger partial charge in [0, 0.05) is 50.9 Å². The number of β-amino-alcohol motifs (C(OH)–C–C–N with tert-alkyl or cyclic N) is 1. The smallest absolute Gasteiger partial charge is 0.0718 e. The summed E-state index contributed by atoms with van der Waals surface area (Å²) in [5, 5.41) is 10.2. The van der Waals surface area contributed by atoms with Crippen LogP contribution in [-0.2, 0) is 4.74 Å². The molecule has 2 aliphatic heterocycles. The lowest BCUT2D eigenvalue weighted by Gasteiger charge is -2.37. The molecule has 1 N–H and O–H groups in total. The predicted molar refractivity (Wildman–Crippen MR) is 80.0 cm³/mol. The van der Waals surface area contributed by atoms with Crippen molar-refractivity contribution in [3.8, 4) is 0 Å². The molecule has 110 valence electrons. The second-order valence-corrected chi connectivity index (χ2v) is 5.81. The number of nitrogens with zero attached hydrogens (tertiary/aromatic N) is 2. The van der Waals surface area contributed by atoms with Crippen LogP contribution in [0.5, 0.6) is 0 Å². The van der Waals surface area contributed by atoms with E-state index in [0.717, 1.165) is 52.4 Å². The number of piperazine rings is 1. The number of benzene rings is 1. The first-order valence-electron chi connectivity index (χ1n) is 7.61. The van der Waals surface area contributed by atoms with Crippen LogP contribution in [0.3, 0.4) is 0 Å². The van der Waals surface area contributed by atoms with Crippen molar-refractivity contribution >= 4 is 5.69 Å². The molecule has 0 amide bonds. The fourth-order valence-electron chi connectivity index (χ4n) is 3.10. The minimum atomic E-state index is -0.235. The van der Waals surface area contributed by atoms with Gasteiger partial charge in [-0.2, -0.15) is 0 Å². The fourth-order valence-corrected chi connectivity index (χ4v) is 3.10. The molecule has 2 unspecified atom stereocenters. The molecule has 4 nitrogen and oxygen atoms in total. The van der Waals surface area contributed by atoms with Crippen molar-refractivity contribution in [3.05, 3.63) is 30.3 Å². The second-order valence-electron chi connectivity index (χ2n) is 5.81. The van der Waals surface area contributed by atoms with Gasteiger partial charge in [0.05, 0.1) is 12.7 Å². The molecule has 0 aromatic heterocycles. The molecule has 20 heavy (non-hydrogen) atoms. The molecule has 0 saturated carbocycles. The minimum absolute atomic E-state index is 0.235. The van der Waals surface area contributed by atoms with Gasteiger partial charge < -0.3 is 14.7 Å². The molecule has 3 rings (SSSR count). The summed E-state index contributed by atoms with van der Waals surface area (Å²) in [4.78, 5) is 4.80. The van der Waals surface area contributed by atoms with Crippen LogP contribution in [0, 0.1) is 5.92 Å². The highest BCUT2D eigenvalue weighted by atomic mass is 16.5. The first-order chi connectivity index (χ1) is 9.83. The van der Waals surface area contributed by atoms with Crippen molar-refractivity contribution in [1.29, 1.82) is 0 Å². The number of anilines is 1. The number of para-hydroxylation sites is 1. The van der Waals surface area contributed by atoms with E-state index in [-0.39, 0.29) is 6.10 Å². The maximum atomic E-state index is 10.2. The summed E-state index contributed by atoms with van der Waals surface area (Å²) in [6.07, 6.45) is 0.770. The standard InChI is InChI=1S/C16H24N2O2/c19-16(14-6-11-20-13-14)12-17-7-9-18(10-8-17)15-4-2-1-3-5-15/h1-5,14,16,19H,6-13H2. The molecule has 2 heterocycles. The molecule has 1 aromatic carbocycles. The average molecular weight is 276 g/mol. The Labute approximate surface area is 120 Å². The lowest BCUT2D eigenvalue weighted by molar-refractivity contribution is 0.0541. The Morgan fingerprint density at radius 3 is 2.55 bits per heavy atom. The summed E-state index contributed by atoms with van der Waals surface area (Å²) in [5.41, 5.74) is 1.30. The van der Waals surface area contributed by atoms with Crippen LogP contribution >= 0.6 is 0 Å². The number of hydrogen-bond donors (Lipinski definition) is 1. The molecule has 2 saturated heterocycles. The minimum Gasteiger partial charge on any atom is -0.391 e. The van der Waals surface area contributed by atoms with Gasteiger partial charge in [-0.25, -0.2) is 0 Å². The van der Waals surface area contributed by atoms with Gasteiger partial charge in [-0.3, -0.25) is 4.90 Å². The van der Waals surface area contributed by atoms with E-state index in [4.69, 9.17) is 4.74 Å². The summed E-state index contributed by atoms with van der Waals surface area (Å²) in [6.45, 7) is 6.46. The SMILES string of the molecule is OC(CN1CCN(c2ccccc2)CC1)C1CCOC1. The fraction of sp³-hybridized carbons (Fsp3) is 0.625. The molecule has 0 radical (unpaired) electrons. The van der Waals surface area contributed by atoms with Crippen LogP contribution in [0.15, 0.2) is 30.3 Å². The van der Waals surface area contributed by atoms with Gasteiger partial charge in [-0.05, 0) is 18.6 Å². The van der Waals surface area contributed by atoms with Crippen LogP contribution in [-0.4, -0.2) is 62.0 Å². The molecule has 2 aliphatic rings. The Morgan fingerprint density at radius 1 is 1.15 bits per heavy atom. The lowest BCUT2D eigenvalue weighted by atomic mass is 10.0. The topological polar surface area (TPSA) is 35.9 Å². The second kappa shape index (κ2) is 6.57. The summed E-state index contributed by atoms with van der Waals surface area (Å²) in [6, 6.07) is 10.6. The number of aliphatic hydroxyl groups excluding tert-OH is 1. The van der Waals surface area contributed by atoms with E-state index in [1.165, 1.54) is 5.69 Å². The van der Waals surface area contributed by atoms with E-state index in [1.54, 1.807) is 0 Å². The summed E-state index contributed by atoms with van der Waals surface area (Å²) >= 11 is 0. The van der Waals surface area contributed by atoms with Gasteiger partial charge in [-0.1, -0.05) is 18.2 Å². The highest BCUT2D eigenvalue weighted by Crippen LogP contribution is 2.19. The molecule has 2 atom stereocenters. The number of aliphatic hydroxyl groups is 1. The van der Waals surface area contributed by atoms with E-state index in [2.05, 4.69) is 40.1 Å². The molecule has 0 spiro atoms. The van der Waals surface area contributed by atoms with Crippen LogP contribution in [0.4, 0.5) is 5.69 Å². The van der Waals surface area contributed by atoms with Gasteiger partial charge in [0.15, 0.2) is 0 Å². The molecule has 2 fully saturated rings. The third-order valence-corrected chi connectivity index (χ3v) is 4.45. The Kier molecular flexibility index (Phi) is 4.55. The van der Waals surface area contributed by atoms with Gasteiger partial charge in [0.1, 0.15) is 0 Å². The van der Waals surface area contributed by atoms with Crippen LogP contribution in [0.1, 0.15) is 6.42 Å². The third-order valence-electron chi connectivity index (χ3n) is 4.45. The Hall–Kier alpha value is -1.10. The van der Waals surface area contributed by atoms with Crippen molar-refractivity contribution in [2.45, 2.75) is 12.5 Å². The summed E-state index contributed by atoms with van der Waals surface area (Å²) < 4.78 is 5.36. The number of rotatable bonds is 4. The van der Waals surface area contributed by atoms with Crippen LogP contribution < -0.4 is 4.90 Å². The lowest BCUT2D eigenvalue weighted by Crippen LogP contribution is -2.49. The van der Waals surface area contributed by atoms with E-state index in [1.807, 2.05) is 0 Å². The van der Waals surface area contributed by atoms with E-state index in [9.17, 15) is 5.11 Å². The van der Waals surface area contributed by atoms with Gasteiger partial charge in [0.2, 0.25) is 0 Å². The molecule has 0 aliphatic carbocycles. The van der Waals surface area contributed by atoms with Crippen molar-refractivity contribution in [3.63, 3.8) is 0 Å². The predicted octanol–water partition coefficient (Wildman–Crippen LogP) is 1.21. The Morgan fingerprint density at radius 2 is 1.90 bits per heavy atom.